The van der Waals surface area contributed by atoms with E-state index in [1.165, 1.54) is 5.56 Å². The van der Waals surface area contributed by atoms with Gasteiger partial charge in [0.05, 0.1) is 17.0 Å². The van der Waals surface area contributed by atoms with Gasteiger partial charge in [-0.15, -0.1) is 0 Å². The summed E-state index contributed by atoms with van der Waals surface area (Å²) in [5.74, 6) is -1.94. The molecule has 2 aliphatic heterocycles. The van der Waals surface area contributed by atoms with E-state index in [2.05, 4.69) is 17.0 Å². The SMILES string of the molecule is O=C(ON1C(=O)c2ccccc2C1=O)C1CN(Cc2ccccc2)CC12CCC2. The first kappa shape index (κ1) is 18.1. The van der Waals surface area contributed by atoms with Crippen LogP contribution in [0.3, 0.4) is 0 Å². The Kier molecular flexibility index (Phi) is 4.24. The van der Waals surface area contributed by atoms with E-state index in [0.29, 0.717) is 11.6 Å². The van der Waals surface area contributed by atoms with Crippen molar-refractivity contribution in [3.05, 3.63) is 71.3 Å². The summed E-state index contributed by atoms with van der Waals surface area (Å²) in [7, 11) is 0. The van der Waals surface area contributed by atoms with Gasteiger partial charge >= 0.3 is 5.97 Å². The molecular formula is C23H22N2O4. The molecule has 1 atom stereocenters. The number of hydrogen-bond acceptors (Lipinski definition) is 5. The lowest BCUT2D eigenvalue weighted by Gasteiger charge is -2.41. The van der Waals surface area contributed by atoms with E-state index >= 15 is 0 Å². The minimum Gasteiger partial charge on any atom is -0.329 e. The molecule has 2 aromatic carbocycles. The van der Waals surface area contributed by atoms with Crippen molar-refractivity contribution in [2.45, 2.75) is 25.8 Å². The van der Waals surface area contributed by atoms with Crippen LogP contribution in [0.25, 0.3) is 0 Å². The average Bonchev–Trinajstić information content (AvgIpc) is 3.21. The Hall–Kier alpha value is -2.99. The molecule has 1 spiro atoms. The summed E-state index contributed by atoms with van der Waals surface area (Å²) >= 11 is 0. The average molecular weight is 390 g/mol. The van der Waals surface area contributed by atoms with E-state index in [4.69, 9.17) is 4.84 Å². The van der Waals surface area contributed by atoms with Gasteiger partial charge in [0.25, 0.3) is 11.8 Å². The summed E-state index contributed by atoms with van der Waals surface area (Å²) in [4.78, 5) is 45.8. The van der Waals surface area contributed by atoms with E-state index in [0.717, 1.165) is 32.4 Å². The maximum absolute atomic E-state index is 13.1. The molecule has 2 fully saturated rings. The smallest absolute Gasteiger partial charge is 0.329 e. The van der Waals surface area contributed by atoms with Gasteiger partial charge in [0.2, 0.25) is 0 Å². The van der Waals surface area contributed by atoms with Crippen LogP contribution in [0.2, 0.25) is 0 Å². The Balaban J connectivity index is 1.32. The number of nitrogens with zero attached hydrogens (tertiary/aromatic N) is 2. The molecule has 29 heavy (non-hydrogen) atoms. The second-order valence-corrected chi connectivity index (χ2v) is 8.28. The van der Waals surface area contributed by atoms with Crippen molar-refractivity contribution in [1.82, 2.24) is 9.96 Å². The summed E-state index contributed by atoms with van der Waals surface area (Å²) in [5, 5.41) is 0.638. The Bertz CT molecular complexity index is 948. The van der Waals surface area contributed by atoms with Crippen LogP contribution in [0.4, 0.5) is 0 Å². The molecule has 1 aliphatic carbocycles. The molecule has 6 heteroatoms. The quantitative estimate of drug-likeness (QED) is 0.751. The van der Waals surface area contributed by atoms with Crippen LogP contribution in [-0.4, -0.2) is 40.8 Å². The highest BCUT2D eigenvalue weighted by molar-refractivity contribution is 6.20. The number of rotatable bonds is 4. The molecular weight excluding hydrogens is 368 g/mol. The predicted octanol–water partition coefficient (Wildman–Crippen LogP) is 3.04. The van der Waals surface area contributed by atoms with Crippen molar-refractivity contribution in [3.63, 3.8) is 0 Å². The number of carbonyl (C=O) groups is 3. The Morgan fingerprint density at radius 3 is 2.17 bits per heavy atom. The van der Waals surface area contributed by atoms with Gasteiger partial charge in [0, 0.05) is 19.6 Å². The van der Waals surface area contributed by atoms with Crippen LogP contribution in [0, 0.1) is 11.3 Å². The van der Waals surface area contributed by atoms with Crippen LogP contribution in [0.15, 0.2) is 54.6 Å². The van der Waals surface area contributed by atoms with E-state index in [1.807, 2.05) is 18.2 Å². The molecule has 0 aromatic heterocycles. The monoisotopic (exact) mass is 390 g/mol. The summed E-state index contributed by atoms with van der Waals surface area (Å²) in [6.07, 6.45) is 3.04. The van der Waals surface area contributed by atoms with Gasteiger partial charge in [-0.2, -0.15) is 0 Å². The maximum Gasteiger partial charge on any atom is 0.338 e. The zero-order valence-electron chi connectivity index (χ0n) is 16.0. The van der Waals surface area contributed by atoms with E-state index < -0.39 is 17.8 Å². The molecule has 2 amide bonds. The number of likely N-dealkylation sites (tertiary alicyclic amines) is 1. The largest absolute Gasteiger partial charge is 0.338 e. The number of fused-ring (bicyclic) bond motifs is 1. The lowest BCUT2D eigenvalue weighted by atomic mass is 9.63. The Labute approximate surface area is 169 Å². The van der Waals surface area contributed by atoms with Crippen LogP contribution >= 0.6 is 0 Å². The third-order valence-corrected chi connectivity index (χ3v) is 6.54. The van der Waals surface area contributed by atoms with Gasteiger partial charge in [-0.05, 0) is 36.0 Å². The molecule has 5 rings (SSSR count). The van der Waals surface area contributed by atoms with Gasteiger partial charge in [0.1, 0.15) is 0 Å². The molecule has 1 saturated heterocycles. The third-order valence-electron chi connectivity index (χ3n) is 6.54. The number of amides is 2. The molecule has 1 saturated carbocycles. The van der Waals surface area contributed by atoms with Crippen LogP contribution in [0.5, 0.6) is 0 Å². The van der Waals surface area contributed by atoms with Crippen LogP contribution in [0.1, 0.15) is 45.5 Å². The highest BCUT2D eigenvalue weighted by Gasteiger charge is 2.55. The second-order valence-electron chi connectivity index (χ2n) is 8.28. The molecule has 0 N–H and O–H groups in total. The molecule has 0 bridgehead atoms. The van der Waals surface area contributed by atoms with Gasteiger partial charge in [-0.25, -0.2) is 4.79 Å². The number of hydrogen-bond donors (Lipinski definition) is 0. The highest BCUT2D eigenvalue weighted by Crippen LogP contribution is 2.52. The molecule has 2 aromatic rings. The molecule has 0 radical (unpaired) electrons. The van der Waals surface area contributed by atoms with E-state index in [-0.39, 0.29) is 22.5 Å². The first-order valence-corrected chi connectivity index (χ1v) is 10.0. The molecule has 3 aliphatic rings. The van der Waals surface area contributed by atoms with Crippen molar-refractivity contribution in [2.24, 2.45) is 11.3 Å². The van der Waals surface area contributed by atoms with Gasteiger partial charge in [-0.3, -0.25) is 14.5 Å². The topological polar surface area (TPSA) is 66.9 Å². The molecule has 148 valence electrons. The fourth-order valence-corrected chi connectivity index (χ4v) is 4.90. The maximum atomic E-state index is 13.1. The summed E-state index contributed by atoms with van der Waals surface area (Å²) < 4.78 is 0. The Morgan fingerprint density at radius 2 is 1.59 bits per heavy atom. The van der Waals surface area contributed by atoms with E-state index in [1.54, 1.807) is 24.3 Å². The van der Waals surface area contributed by atoms with Crippen molar-refractivity contribution in [2.75, 3.05) is 13.1 Å². The lowest BCUT2D eigenvalue weighted by molar-refractivity contribution is -0.178. The fourth-order valence-electron chi connectivity index (χ4n) is 4.90. The number of benzene rings is 2. The summed E-state index contributed by atoms with van der Waals surface area (Å²) in [5.41, 5.74) is 1.66. The molecule has 2 heterocycles. The highest BCUT2D eigenvalue weighted by atomic mass is 16.7. The Morgan fingerprint density at radius 1 is 0.966 bits per heavy atom. The third kappa shape index (κ3) is 2.95. The van der Waals surface area contributed by atoms with Crippen molar-refractivity contribution in [1.29, 1.82) is 0 Å². The standard InChI is InChI=1S/C23H22N2O4/c26-20-17-9-4-5-10-18(17)21(27)25(20)29-22(28)19-14-24(15-23(19)11-6-12-23)13-16-7-2-1-3-8-16/h1-5,7-10,19H,6,11-15H2. The first-order chi connectivity index (χ1) is 14.1. The first-order valence-electron chi connectivity index (χ1n) is 10.0. The van der Waals surface area contributed by atoms with Crippen molar-refractivity contribution < 1.29 is 19.2 Å². The predicted molar refractivity (Wildman–Crippen MR) is 105 cm³/mol. The number of hydroxylamine groups is 2. The zero-order chi connectivity index (χ0) is 20.0. The number of imide groups is 1. The van der Waals surface area contributed by atoms with Crippen LogP contribution in [-0.2, 0) is 16.2 Å². The van der Waals surface area contributed by atoms with Gasteiger partial charge in [-0.1, -0.05) is 53.9 Å². The normalized spacial score (nSPS) is 22.6. The fraction of sp³-hybridized carbons (Fsp3) is 0.348. The zero-order valence-corrected chi connectivity index (χ0v) is 16.0. The number of carbonyl (C=O) groups excluding carboxylic acids is 3. The van der Waals surface area contributed by atoms with Gasteiger partial charge < -0.3 is 4.84 Å². The molecule has 6 nitrogen and oxygen atoms in total. The molecule has 1 unspecified atom stereocenters. The summed E-state index contributed by atoms with van der Waals surface area (Å²) in [6, 6.07) is 16.7. The van der Waals surface area contributed by atoms with Crippen LogP contribution < -0.4 is 0 Å². The van der Waals surface area contributed by atoms with E-state index in [9.17, 15) is 14.4 Å². The minimum atomic E-state index is -0.569. The second kappa shape index (κ2) is 6.81. The minimum absolute atomic E-state index is 0.107. The van der Waals surface area contributed by atoms with Crippen molar-refractivity contribution in [3.8, 4) is 0 Å². The van der Waals surface area contributed by atoms with Gasteiger partial charge in [0.15, 0.2) is 0 Å². The lowest BCUT2D eigenvalue weighted by Crippen LogP contribution is -2.44. The van der Waals surface area contributed by atoms with Crippen molar-refractivity contribution >= 4 is 17.8 Å². The summed E-state index contributed by atoms with van der Waals surface area (Å²) in [6.45, 7) is 2.19.